The van der Waals surface area contributed by atoms with Crippen LogP contribution in [0.4, 0.5) is 5.13 Å². The van der Waals surface area contributed by atoms with E-state index in [-0.39, 0.29) is 17.5 Å². The SMILES string of the molecule is COc1ccc(CCNC(=O)CN2CCc3nc(NC(=O)c4cc(C)on4)sc3C2)cc1OC. The van der Waals surface area contributed by atoms with Crippen LogP contribution in [0.2, 0.25) is 0 Å². The van der Waals surface area contributed by atoms with Gasteiger partial charge in [-0.15, -0.1) is 11.3 Å². The van der Waals surface area contributed by atoms with Crippen LogP contribution in [0.5, 0.6) is 11.5 Å². The van der Waals surface area contributed by atoms with Crippen LogP contribution in [0.15, 0.2) is 28.8 Å². The van der Waals surface area contributed by atoms with E-state index in [1.54, 1.807) is 27.2 Å². The monoisotopic (exact) mass is 485 g/mol. The number of nitrogens with zero attached hydrogens (tertiary/aromatic N) is 3. The Labute approximate surface area is 201 Å². The van der Waals surface area contributed by atoms with Gasteiger partial charge < -0.3 is 19.3 Å². The normalized spacial score (nSPS) is 13.3. The number of methoxy groups -OCH3 is 2. The molecule has 3 aromatic rings. The molecule has 34 heavy (non-hydrogen) atoms. The molecule has 0 aliphatic carbocycles. The minimum absolute atomic E-state index is 0.0247. The number of benzene rings is 1. The minimum Gasteiger partial charge on any atom is -0.493 e. The molecule has 0 saturated carbocycles. The Morgan fingerprint density at radius 1 is 1.21 bits per heavy atom. The van der Waals surface area contributed by atoms with Crippen LogP contribution in [-0.4, -0.2) is 60.7 Å². The van der Waals surface area contributed by atoms with E-state index in [1.165, 1.54) is 11.3 Å². The van der Waals surface area contributed by atoms with Crippen molar-refractivity contribution in [3.8, 4) is 11.5 Å². The van der Waals surface area contributed by atoms with Gasteiger partial charge in [-0.1, -0.05) is 11.2 Å². The number of rotatable bonds is 9. The van der Waals surface area contributed by atoms with E-state index in [9.17, 15) is 9.59 Å². The first-order chi connectivity index (χ1) is 16.4. The summed E-state index contributed by atoms with van der Waals surface area (Å²) in [5.41, 5.74) is 2.24. The lowest BCUT2D eigenvalue weighted by molar-refractivity contribution is -0.122. The van der Waals surface area contributed by atoms with Crippen LogP contribution >= 0.6 is 11.3 Å². The van der Waals surface area contributed by atoms with Gasteiger partial charge in [0, 0.05) is 37.0 Å². The van der Waals surface area contributed by atoms with Crippen molar-refractivity contribution in [3.63, 3.8) is 0 Å². The van der Waals surface area contributed by atoms with Crippen LogP contribution in [0.1, 0.15) is 32.4 Å². The summed E-state index contributed by atoms with van der Waals surface area (Å²) in [4.78, 5) is 32.4. The van der Waals surface area contributed by atoms with E-state index in [0.29, 0.717) is 48.4 Å². The summed E-state index contributed by atoms with van der Waals surface area (Å²) < 4.78 is 15.5. The number of hydrogen-bond acceptors (Lipinski definition) is 9. The highest BCUT2D eigenvalue weighted by atomic mass is 32.1. The predicted octanol–water partition coefficient (Wildman–Crippen LogP) is 2.43. The second-order valence-corrected chi connectivity index (χ2v) is 9.00. The molecule has 0 radical (unpaired) electrons. The molecule has 0 bridgehead atoms. The summed E-state index contributed by atoms with van der Waals surface area (Å²) in [6.07, 6.45) is 1.42. The standard InChI is InChI=1S/C23H27N5O5S/c1-14-10-17(27-33-14)22(30)26-23-25-16-7-9-28(12-20(16)34-23)13-21(29)24-8-6-15-4-5-18(31-2)19(11-15)32-3/h4-5,10-11H,6-9,12-13H2,1-3H3,(H,24,29)(H,25,26,30). The second-order valence-electron chi connectivity index (χ2n) is 7.92. The largest absolute Gasteiger partial charge is 0.493 e. The third-order valence-electron chi connectivity index (χ3n) is 5.44. The van der Waals surface area contributed by atoms with Gasteiger partial charge in [0.1, 0.15) is 5.76 Å². The number of fused-ring (bicyclic) bond motifs is 1. The molecule has 3 heterocycles. The van der Waals surface area contributed by atoms with Crippen molar-refractivity contribution in [1.82, 2.24) is 20.4 Å². The lowest BCUT2D eigenvalue weighted by Crippen LogP contribution is -2.40. The van der Waals surface area contributed by atoms with Gasteiger partial charge in [-0.3, -0.25) is 19.8 Å². The first-order valence-corrected chi connectivity index (χ1v) is 11.7. The van der Waals surface area contributed by atoms with E-state index >= 15 is 0 Å². The van der Waals surface area contributed by atoms with Crippen molar-refractivity contribution in [3.05, 3.63) is 51.9 Å². The van der Waals surface area contributed by atoms with Crippen LogP contribution in [0.3, 0.4) is 0 Å². The smallest absolute Gasteiger partial charge is 0.279 e. The van der Waals surface area contributed by atoms with Crippen LogP contribution in [0, 0.1) is 6.92 Å². The maximum atomic E-state index is 12.5. The fourth-order valence-electron chi connectivity index (χ4n) is 3.71. The Hall–Kier alpha value is -3.44. The van der Waals surface area contributed by atoms with Crippen molar-refractivity contribution in [2.75, 3.05) is 39.2 Å². The third kappa shape index (κ3) is 5.72. The Balaban J connectivity index is 1.24. The topological polar surface area (TPSA) is 119 Å². The van der Waals surface area contributed by atoms with Crippen molar-refractivity contribution >= 4 is 28.3 Å². The molecule has 2 N–H and O–H groups in total. The number of ether oxygens (including phenoxy) is 2. The van der Waals surface area contributed by atoms with E-state index < -0.39 is 0 Å². The van der Waals surface area contributed by atoms with Crippen molar-refractivity contribution in [2.24, 2.45) is 0 Å². The zero-order valence-corrected chi connectivity index (χ0v) is 20.2. The Morgan fingerprint density at radius 2 is 2.03 bits per heavy atom. The van der Waals surface area contributed by atoms with Crippen molar-refractivity contribution in [1.29, 1.82) is 0 Å². The van der Waals surface area contributed by atoms with Gasteiger partial charge in [0.05, 0.1) is 26.5 Å². The number of aromatic nitrogens is 2. The van der Waals surface area contributed by atoms with E-state index in [4.69, 9.17) is 14.0 Å². The van der Waals surface area contributed by atoms with Gasteiger partial charge in [0.25, 0.3) is 5.91 Å². The van der Waals surface area contributed by atoms with Gasteiger partial charge in [-0.2, -0.15) is 0 Å². The van der Waals surface area contributed by atoms with Gasteiger partial charge in [-0.05, 0) is 31.0 Å². The van der Waals surface area contributed by atoms with E-state index in [0.717, 1.165) is 29.1 Å². The lowest BCUT2D eigenvalue weighted by Gasteiger charge is -2.25. The molecule has 1 aromatic carbocycles. The van der Waals surface area contributed by atoms with E-state index in [2.05, 4.69) is 25.7 Å². The first-order valence-electron chi connectivity index (χ1n) is 10.9. The molecular weight excluding hydrogens is 458 g/mol. The maximum Gasteiger partial charge on any atom is 0.279 e. The first kappa shape index (κ1) is 23.7. The summed E-state index contributed by atoms with van der Waals surface area (Å²) in [6.45, 7) is 3.92. The predicted molar refractivity (Wildman–Crippen MR) is 127 cm³/mol. The average molecular weight is 486 g/mol. The Morgan fingerprint density at radius 3 is 2.76 bits per heavy atom. The molecule has 10 nitrogen and oxygen atoms in total. The van der Waals surface area contributed by atoms with Crippen molar-refractivity contribution in [2.45, 2.75) is 26.3 Å². The summed E-state index contributed by atoms with van der Waals surface area (Å²) in [7, 11) is 3.20. The molecular formula is C23H27N5O5S. The molecule has 0 spiro atoms. The molecule has 4 rings (SSSR count). The zero-order valence-electron chi connectivity index (χ0n) is 19.3. The summed E-state index contributed by atoms with van der Waals surface area (Å²) >= 11 is 1.42. The number of hydrogen-bond donors (Lipinski definition) is 2. The summed E-state index contributed by atoms with van der Waals surface area (Å²) in [6, 6.07) is 7.32. The van der Waals surface area contributed by atoms with Gasteiger partial charge >= 0.3 is 0 Å². The molecule has 0 fully saturated rings. The van der Waals surface area contributed by atoms with E-state index in [1.807, 2.05) is 18.2 Å². The van der Waals surface area contributed by atoms with Crippen LogP contribution in [-0.2, 0) is 24.2 Å². The molecule has 2 aromatic heterocycles. The van der Waals surface area contributed by atoms with Gasteiger partial charge in [-0.25, -0.2) is 4.98 Å². The number of amides is 2. The van der Waals surface area contributed by atoms with Gasteiger partial charge in [0.2, 0.25) is 5.91 Å². The summed E-state index contributed by atoms with van der Waals surface area (Å²) in [5.74, 6) is 1.55. The van der Waals surface area contributed by atoms with Crippen LogP contribution < -0.4 is 20.1 Å². The molecule has 1 aliphatic rings. The number of carbonyl (C=O) groups excluding carboxylic acids is 2. The van der Waals surface area contributed by atoms with Crippen molar-refractivity contribution < 1.29 is 23.6 Å². The highest BCUT2D eigenvalue weighted by Gasteiger charge is 2.23. The fourth-order valence-corrected chi connectivity index (χ4v) is 4.76. The maximum absolute atomic E-state index is 12.5. The molecule has 0 unspecified atom stereocenters. The zero-order chi connectivity index (χ0) is 24.1. The molecule has 0 saturated heterocycles. The molecule has 180 valence electrons. The molecule has 0 atom stereocenters. The lowest BCUT2D eigenvalue weighted by atomic mass is 10.1. The minimum atomic E-state index is -0.353. The van der Waals surface area contributed by atoms with Gasteiger partial charge in [0.15, 0.2) is 22.3 Å². The number of anilines is 1. The third-order valence-corrected chi connectivity index (χ3v) is 6.44. The average Bonchev–Trinajstić information content (AvgIpc) is 3.44. The molecule has 1 aliphatic heterocycles. The molecule has 2 amide bonds. The number of nitrogens with one attached hydrogen (secondary N) is 2. The fraction of sp³-hybridized carbons (Fsp3) is 0.391. The van der Waals surface area contributed by atoms with Crippen LogP contribution in [0.25, 0.3) is 0 Å². The Kier molecular flexibility index (Phi) is 7.43. The number of aryl methyl sites for hydroxylation is 1. The second kappa shape index (κ2) is 10.7. The Bertz CT molecular complexity index is 1170. The molecule has 11 heteroatoms. The quantitative estimate of drug-likeness (QED) is 0.474. The number of thiazole rings is 1. The highest BCUT2D eigenvalue weighted by molar-refractivity contribution is 7.15. The summed E-state index contributed by atoms with van der Waals surface area (Å²) in [5, 5.41) is 10.0. The highest BCUT2D eigenvalue weighted by Crippen LogP contribution is 2.29. The number of carbonyl (C=O) groups is 2.